The van der Waals surface area contributed by atoms with Crippen molar-refractivity contribution in [2.24, 2.45) is 0 Å². The summed E-state index contributed by atoms with van der Waals surface area (Å²) in [5.74, 6) is 2.02. The van der Waals surface area contributed by atoms with Crippen LogP contribution in [0.15, 0.2) is 65.1 Å². The molecule has 0 saturated heterocycles. The molecule has 2 heterocycles. The predicted octanol–water partition coefficient (Wildman–Crippen LogP) is 5.54. The van der Waals surface area contributed by atoms with Gasteiger partial charge >= 0.3 is 0 Å². The number of hydrogen-bond acceptors (Lipinski definition) is 5. The number of hydrogen-bond donors (Lipinski definition) is 1. The number of carbonyl (C=O) groups is 1. The van der Waals surface area contributed by atoms with Crippen LogP contribution in [0.2, 0.25) is 0 Å². The zero-order valence-corrected chi connectivity index (χ0v) is 19.9. The van der Waals surface area contributed by atoms with Gasteiger partial charge < -0.3 is 19.2 Å². The van der Waals surface area contributed by atoms with Crippen LogP contribution in [0.25, 0.3) is 0 Å². The Morgan fingerprint density at radius 3 is 2.56 bits per heavy atom. The Labute approximate surface area is 199 Å². The molecule has 0 aliphatic heterocycles. The smallest absolute Gasteiger partial charge is 0.291 e. The number of ether oxygens (including phenoxy) is 2. The van der Waals surface area contributed by atoms with E-state index in [4.69, 9.17) is 13.9 Å². The molecule has 4 rings (SSSR count). The first-order chi connectivity index (χ1) is 16.5. The summed E-state index contributed by atoms with van der Waals surface area (Å²) in [5, 5.41) is 7.54. The normalized spacial score (nSPS) is 10.8. The lowest BCUT2D eigenvalue weighted by molar-refractivity contribution is 0.0992. The number of nitrogens with one attached hydrogen (secondary N) is 1. The van der Waals surface area contributed by atoms with Crippen molar-refractivity contribution >= 4 is 11.6 Å². The molecule has 4 aromatic rings. The van der Waals surface area contributed by atoms with Crippen LogP contribution in [0.3, 0.4) is 0 Å². The Hall–Kier alpha value is -4.00. The summed E-state index contributed by atoms with van der Waals surface area (Å²) >= 11 is 0. The SMILES string of the molecule is CCc1ccc(OCc2ccc(C(=O)Nc3c(C)nn(Cc4cccc(OC)c4)c3C)o2)cc1. The molecule has 1 N–H and O–H groups in total. The Kier molecular flexibility index (Phi) is 7.01. The van der Waals surface area contributed by atoms with Gasteiger partial charge in [-0.2, -0.15) is 5.10 Å². The highest BCUT2D eigenvalue weighted by Crippen LogP contribution is 2.23. The van der Waals surface area contributed by atoms with E-state index in [1.54, 1.807) is 19.2 Å². The predicted molar refractivity (Wildman–Crippen MR) is 131 cm³/mol. The monoisotopic (exact) mass is 459 g/mol. The van der Waals surface area contributed by atoms with Crippen molar-refractivity contribution in [2.75, 3.05) is 12.4 Å². The first-order valence-corrected chi connectivity index (χ1v) is 11.3. The minimum absolute atomic E-state index is 0.222. The van der Waals surface area contributed by atoms with E-state index in [-0.39, 0.29) is 18.3 Å². The highest BCUT2D eigenvalue weighted by atomic mass is 16.5. The van der Waals surface area contributed by atoms with Crippen LogP contribution in [-0.2, 0) is 19.6 Å². The molecule has 7 nitrogen and oxygen atoms in total. The first-order valence-electron chi connectivity index (χ1n) is 11.3. The van der Waals surface area contributed by atoms with E-state index in [1.807, 2.05) is 67.1 Å². The number of furan rings is 1. The maximum absolute atomic E-state index is 12.8. The van der Waals surface area contributed by atoms with Crippen molar-refractivity contribution in [1.82, 2.24) is 9.78 Å². The van der Waals surface area contributed by atoms with Crippen LogP contribution in [0.4, 0.5) is 5.69 Å². The maximum atomic E-state index is 12.8. The molecule has 0 aliphatic rings. The summed E-state index contributed by atoms with van der Waals surface area (Å²) in [6.45, 7) is 6.73. The van der Waals surface area contributed by atoms with E-state index >= 15 is 0 Å². The molecule has 34 heavy (non-hydrogen) atoms. The van der Waals surface area contributed by atoms with Crippen molar-refractivity contribution in [3.05, 3.63) is 94.7 Å². The highest BCUT2D eigenvalue weighted by Gasteiger charge is 2.18. The van der Waals surface area contributed by atoms with Gasteiger partial charge in [-0.05, 0) is 67.8 Å². The Morgan fingerprint density at radius 1 is 1.03 bits per heavy atom. The molecule has 1 amide bonds. The third-order valence-corrected chi connectivity index (χ3v) is 5.68. The van der Waals surface area contributed by atoms with Gasteiger partial charge in [-0.15, -0.1) is 0 Å². The quantitative estimate of drug-likeness (QED) is 0.355. The number of amides is 1. The molecule has 0 radical (unpaired) electrons. The van der Waals surface area contributed by atoms with Gasteiger partial charge in [0.2, 0.25) is 0 Å². The number of rotatable bonds is 9. The Morgan fingerprint density at radius 2 is 1.82 bits per heavy atom. The van der Waals surface area contributed by atoms with Crippen molar-refractivity contribution in [2.45, 2.75) is 40.3 Å². The average Bonchev–Trinajstić information content (AvgIpc) is 3.43. The summed E-state index contributed by atoms with van der Waals surface area (Å²) in [6.07, 6.45) is 0.982. The topological polar surface area (TPSA) is 78.5 Å². The fourth-order valence-corrected chi connectivity index (χ4v) is 3.70. The summed E-state index contributed by atoms with van der Waals surface area (Å²) in [7, 11) is 1.64. The van der Waals surface area contributed by atoms with Crippen LogP contribution < -0.4 is 14.8 Å². The number of anilines is 1. The molecule has 0 unspecified atom stereocenters. The first kappa shape index (κ1) is 23.2. The molecule has 2 aromatic heterocycles. The summed E-state index contributed by atoms with van der Waals surface area (Å²) in [5.41, 5.74) is 4.58. The fourth-order valence-electron chi connectivity index (χ4n) is 3.70. The molecular weight excluding hydrogens is 430 g/mol. The molecule has 0 spiro atoms. The molecule has 0 bridgehead atoms. The minimum Gasteiger partial charge on any atom is -0.497 e. The molecule has 7 heteroatoms. The zero-order chi connectivity index (χ0) is 24.1. The molecule has 0 aliphatic carbocycles. The summed E-state index contributed by atoms with van der Waals surface area (Å²) < 4.78 is 18.7. The van der Waals surface area contributed by atoms with Gasteiger partial charge in [0.15, 0.2) is 5.76 Å². The molecule has 0 fully saturated rings. The number of aromatic nitrogens is 2. The van der Waals surface area contributed by atoms with Crippen LogP contribution in [0.1, 0.15) is 45.8 Å². The second-order valence-electron chi connectivity index (χ2n) is 8.06. The van der Waals surface area contributed by atoms with Crippen molar-refractivity contribution in [3.63, 3.8) is 0 Å². The van der Waals surface area contributed by atoms with Crippen LogP contribution in [0, 0.1) is 13.8 Å². The molecule has 0 saturated carbocycles. The van der Waals surface area contributed by atoms with E-state index in [0.29, 0.717) is 18.0 Å². The van der Waals surface area contributed by atoms with E-state index in [9.17, 15) is 4.79 Å². The van der Waals surface area contributed by atoms with Gasteiger partial charge in [0.05, 0.1) is 30.7 Å². The molecular formula is C27H29N3O4. The van der Waals surface area contributed by atoms with Crippen molar-refractivity contribution < 1.29 is 18.7 Å². The zero-order valence-electron chi connectivity index (χ0n) is 19.9. The van der Waals surface area contributed by atoms with Gasteiger partial charge in [-0.1, -0.05) is 31.2 Å². The minimum atomic E-state index is -0.328. The van der Waals surface area contributed by atoms with E-state index in [1.165, 1.54) is 5.56 Å². The lowest BCUT2D eigenvalue weighted by atomic mass is 10.2. The van der Waals surface area contributed by atoms with Gasteiger partial charge in [0.1, 0.15) is 23.9 Å². The molecule has 2 aromatic carbocycles. The van der Waals surface area contributed by atoms with E-state index < -0.39 is 0 Å². The fraction of sp³-hybridized carbons (Fsp3) is 0.259. The number of methoxy groups -OCH3 is 1. The summed E-state index contributed by atoms with van der Waals surface area (Å²) in [6, 6.07) is 19.2. The summed E-state index contributed by atoms with van der Waals surface area (Å²) in [4.78, 5) is 12.8. The van der Waals surface area contributed by atoms with Crippen LogP contribution in [0.5, 0.6) is 11.5 Å². The molecule has 176 valence electrons. The van der Waals surface area contributed by atoms with Gasteiger partial charge in [-0.3, -0.25) is 9.48 Å². The largest absolute Gasteiger partial charge is 0.497 e. The Bertz CT molecular complexity index is 1270. The number of aryl methyl sites for hydroxylation is 2. The second kappa shape index (κ2) is 10.3. The number of carbonyl (C=O) groups excluding carboxylic acids is 1. The van der Waals surface area contributed by atoms with Gasteiger partial charge in [0.25, 0.3) is 5.91 Å². The van der Waals surface area contributed by atoms with Gasteiger partial charge in [-0.25, -0.2) is 0 Å². The van der Waals surface area contributed by atoms with Crippen LogP contribution in [-0.4, -0.2) is 22.8 Å². The van der Waals surface area contributed by atoms with E-state index in [0.717, 1.165) is 34.9 Å². The van der Waals surface area contributed by atoms with Crippen molar-refractivity contribution in [3.8, 4) is 11.5 Å². The lowest BCUT2D eigenvalue weighted by Gasteiger charge is -2.08. The average molecular weight is 460 g/mol. The van der Waals surface area contributed by atoms with E-state index in [2.05, 4.69) is 17.3 Å². The number of nitrogens with zero attached hydrogens (tertiary/aromatic N) is 2. The third-order valence-electron chi connectivity index (χ3n) is 5.68. The standard InChI is InChI=1S/C27H29N3O4/c1-5-20-9-11-22(12-10-20)33-17-24-13-14-25(34-24)27(31)28-26-18(2)29-30(19(26)3)16-21-7-6-8-23(15-21)32-4/h6-15H,5,16-17H2,1-4H3,(H,28,31). The second-order valence-corrected chi connectivity index (χ2v) is 8.06. The van der Waals surface area contributed by atoms with Crippen LogP contribution >= 0.6 is 0 Å². The molecule has 0 atom stereocenters. The number of benzene rings is 2. The van der Waals surface area contributed by atoms with Gasteiger partial charge in [0, 0.05) is 0 Å². The highest BCUT2D eigenvalue weighted by molar-refractivity contribution is 6.02. The maximum Gasteiger partial charge on any atom is 0.291 e. The van der Waals surface area contributed by atoms with Crippen molar-refractivity contribution in [1.29, 1.82) is 0 Å². The third kappa shape index (κ3) is 5.31. The Balaban J connectivity index is 1.40. The lowest BCUT2D eigenvalue weighted by Crippen LogP contribution is -2.12.